The fraction of sp³-hybridized carbons (Fsp3) is 0. The number of fused-ring (bicyclic) bond motifs is 1. The van der Waals surface area contributed by atoms with E-state index in [0.29, 0.717) is 11.0 Å². The van der Waals surface area contributed by atoms with E-state index in [1.165, 1.54) is 24.4 Å². The number of rotatable bonds is 2. The molecule has 0 spiro atoms. The van der Waals surface area contributed by atoms with Crippen LogP contribution in [0, 0.1) is 17.7 Å². The molecule has 3 aromatic rings. The molecule has 3 rings (SSSR count). The monoisotopic (exact) mass is 303 g/mol. The fourth-order valence-electron chi connectivity index (χ4n) is 1.93. The maximum atomic E-state index is 13.6. The zero-order valence-corrected chi connectivity index (χ0v) is 11.2. The molecular formula is C15H6ClF2N2O. The van der Waals surface area contributed by atoms with Crippen molar-refractivity contribution in [3.05, 3.63) is 70.5 Å². The Kier molecular flexibility index (Phi) is 3.35. The molecule has 0 bridgehead atoms. The molecule has 3 nitrogen and oxygen atoms in total. The predicted octanol–water partition coefficient (Wildman–Crippen LogP) is 3.59. The van der Waals surface area contributed by atoms with Crippen LogP contribution in [0.2, 0.25) is 5.15 Å². The Morgan fingerprint density at radius 3 is 2.76 bits per heavy atom. The summed E-state index contributed by atoms with van der Waals surface area (Å²) >= 11 is 5.73. The summed E-state index contributed by atoms with van der Waals surface area (Å²) in [6, 6.07) is 8.57. The zero-order valence-electron chi connectivity index (χ0n) is 10.4. The number of carbonyl (C=O) groups excluding carboxylic acids is 1. The molecule has 0 aliphatic heterocycles. The molecule has 0 amide bonds. The van der Waals surface area contributed by atoms with E-state index in [1.54, 1.807) is 0 Å². The summed E-state index contributed by atoms with van der Waals surface area (Å²) in [5, 5.41) is 0.164. The smallest absolute Gasteiger partial charge is 0.199 e. The Hall–Kier alpha value is -2.40. The summed E-state index contributed by atoms with van der Waals surface area (Å²) < 4.78 is 27.2. The zero-order chi connectivity index (χ0) is 15.0. The molecule has 6 heteroatoms. The molecule has 0 saturated carbocycles. The van der Waals surface area contributed by atoms with Crippen molar-refractivity contribution in [2.24, 2.45) is 0 Å². The second-order valence-electron chi connectivity index (χ2n) is 4.24. The van der Waals surface area contributed by atoms with Gasteiger partial charge in [-0.15, -0.1) is 0 Å². The first-order valence-electron chi connectivity index (χ1n) is 5.89. The molecule has 0 aliphatic rings. The lowest BCUT2D eigenvalue weighted by Crippen LogP contribution is -2.07. The van der Waals surface area contributed by atoms with Gasteiger partial charge in [0, 0.05) is 11.6 Å². The molecule has 1 heterocycles. The van der Waals surface area contributed by atoms with Crippen molar-refractivity contribution in [3.8, 4) is 0 Å². The molecule has 2 aromatic carbocycles. The van der Waals surface area contributed by atoms with E-state index in [4.69, 9.17) is 11.6 Å². The van der Waals surface area contributed by atoms with Crippen molar-refractivity contribution < 1.29 is 13.6 Å². The molecule has 0 aliphatic carbocycles. The largest absolute Gasteiger partial charge is 0.288 e. The molecule has 1 radical (unpaired) electrons. The molecule has 0 fully saturated rings. The van der Waals surface area contributed by atoms with E-state index in [0.717, 1.165) is 12.1 Å². The predicted molar refractivity (Wildman–Crippen MR) is 73.2 cm³/mol. The highest BCUT2D eigenvalue weighted by Gasteiger charge is 2.19. The van der Waals surface area contributed by atoms with Crippen LogP contribution in [-0.4, -0.2) is 15.8 Å². The maximum Gasteiger partial charge on any atom is 0.199 e. The summed E-state index contributed by atoms with van der Waals surface area (Å²) in [4.78, 5) is 20.3. The standard InChI is InChI=1S/C15H6ClF2N2O/c16-13-7-19-11-5-4-8(6-12(11)20-13)15(21)14-9(17)2-1-3-10(14)18/h1-2,4-7H. The molecular weight excluding hydrogens is 298 g/mol. The minimum Gasteiger partial charge on any atom is -0.288 e. The van der Waals surface area contributed by atoms with Crippen LogP contribution in [0.25, 0.3) is 11.0 Å². The number of ketones is 1. The average molecular weight is 304 g/mol. The molecule has 0 saturated heterocycles. The number of hydrogen-bond donors (Lipinski definition) is 0. The van der Waals surface area contributed by atoms with E-state index in [2.05, 4.69) is 16.0 Å². The molecule has 0 N–H and O–H groups in total. The maximum absolute atomic E-state index is 13.6. The van der Waals surface area contributed by atoms with Crippen LogP contribution in [0.1, 0.15) is 15.9 Å². The minimum absolute atomic E-state index is 0.0940. The first-order valence-corrected chi connectivity index (χ1v) is 6.27. The van der Waals surface area contributed by atoms with Crippen LogP contribution in [0.3, 0.4) is 0 Å². The van der Waals surface area contributed by atoms with Crippen molar-refractivity contribution in [2.75, 3.05) is 0 Å². The second-order valence-corrected chi connectivity index (χ2v) is 4.63. The van der Waals surface area contributed by atoms with Gasteiger partial charge in [-0.1, -0.05) is 11.6 Å². The lowest BCUT2D eigenvalue weighted by molar-refractivity contribution is 0.103. The Bertz CT molecular complexity index is 847. The van der Waals surface area contributed by atoms with E-state index in [9.17, 15) is 13.6 Å². The van der Waals surface area contributed by atoms with Crippen molar-refractivity contribution in [1.82, 2.24) is 9.97 Å². The first-order chi connectivity index (χ1) is 10.1. The number of hydrogen-bond acceptors (Lipinski definition) is 3. The van der Waals surface area contributed by atoms with Gasteiger partial charge < -0.3 is 0 Å². The molecule has 21 heavy (non-hydrogen) atoms. The topological polar surface area (TPSA) is 42.9 Å². The number of benzene rings is 2. The number of carbonyl (C=O) groups is 1. The van der Waals surface area contributed by atoms with Crippen molar-refractivity contribution >= 4 is 28.4 Å². The van der Waals surface area contributed by atoms with Gasteiger partial charge in [-0.05, 0) is 30.3 Å². The van der Waals surface area contributed by atoms with Crippen LogP contribution < -0.4 is 0 Å². The summed E-state index contributed by atoms with van der Waals surface area (Å²) in [5.41, 5.74) is 0.342. The van der Waals surface area contributed by atoms with Gasteiger partial charge in [0.15, 0.2) is 5.78 Å². The first kappa shape index (κ1) is 13.6. The van der Waals surface area contributed by atoms with Crippen LogP contribution in [0.5, 0.6) is 0 Å². The van der Waals surface area contributed by atoms with Gasteiger partial charge in [0.2, 0.25) is 0 Å². The third-order valence-electron chi connectivity index (χ3n) is 2.90. The van der Waals surface area contributed by atoms with Crippen LogP contribution in [-0.2, 0) is 0 Å². The van der Waals surface area contributed by atoms with Crippen LogP contribution >= 0.6 is 11.6 Å². The number of halogens is 3. The highest BCUT2D eigenvalue weighted by molar-refractivity contribution is 6.29. The highest BCUT2D eigenvalue weighted by atomic mass is 35.5. The fourth-order valence-corrected chi connectivity index (χ4v) is 2.07. The third kappa shape index (κ3) is 2.48. The summed E-state index contributed by atoms with van der Waals surface area (Å²) in [7, 11) is 0. The molecule has 1 aromatic heterocycles. The minimum atomic E-state index is -1.03. The lowest BCUT2D eigenvalue weighted by atomic mass is 10.0. The van der Waals surface area contributed by atoms with Gasteiger partial charge in [-0.2, -0.15) is 0 Å². The summed E-state index contributed by atoms with van der Waals surface area (Å²) in [6.45, 7) is 0. The lowest BCUT2D eigenvalue weighted by Gasteiger charge is -2.05. The van der Waals surface area contributed by atoms with Gasteiger partial charge in [-0.3, -0.25) is 9.78 Å². The van der Waals surface area contributed by atoms with Crippen molar-refractivity contribution in [2.45, 2.75) is 0 Å². The van der Waals surface area contributed by atoms with E-state index in [-0.39, 0.29) is 10.7 Å². The van der Waals surface area contributed by atoms with Crippen LogP contribution in [0.4, 0.5) is 8.78 Å². The summed E-state index contributed by atoms with van der Waals surface area (Å²) in [5.74, 6) is -2.75. The van der Waals surface area contributed by atoms with Gasteiger partial charge in [0.1, 0.15) is 16.8 Å². The SMILES string of the molecule is O=C(c1ccc2ncc(Cl)nc2c1)c1c(F)[c]ccc1F. The van der Waals surface area contributed by atoms with Gasteiger partial charge in [0.05, 0.1) is 22.8 Å². The van der Waals surface area contributed by atoms with E-state index in [1.807, 2.05) is 0 Å². The van der Waals surface area contributed by atoms with Gasteiger partial charge in [-0.25, -0.2) is 13.8 Å². The molecule has 0 atom stereocenters. The van der Waals surface area contributed by atoms with Crippen LogP contribution in [0.15, 0.2) is 36.5 Å². The number of aromatic nitrogens is 2. The Morgan fingerprint density at radius 2 is 2.00 bits per heavy atom. The summed E-state index contributed by atoms with van der Waals surface area (Å²) in [6.07, 6.45) is 1.37. The third-order valence-corrected chi connectivity index (χ3v) is 3.08. The molecule has 103 valence electrons. The van der Waals surface area contributed by atoms with Gasteiger partial charge >= 0.3 is 0 Å². The highest BCUT2D eigenvalue weighted by Crippen LogP contribution is 2.20. The Labute approximate surface area is 123 Å². The molecule has 0 unspecified atom stereocenters. The second kappa shape index (κ2) is 5.18. The average Bonchev–Trinajstić information content (AvgIpc) is 2.46. The Morgan fingerprint density at radius 1 is 1.19 bits per heavy atom. The van der Waals surface area contributed by atoms with Crippen molar-refractivity contribution in [1.29, 1.82) is 0 Å². The van der Waals surface area contributed by atoms with E-state index < -0.39 is 23.0 Å². The number of nitrogens with zero attached hydrogens (tertiary/aromatic N) is 2. The quantitative estimate of drug-likeness (QED) is 0.679. The van der Waals surface area contributed by atoms with E-state index >= 15 is 0 Å². The Balaban J connectivity index is 2.13. The normalized spacial score (nSPS) is 10.8. The van der Waals surface area contributed by atoms with Crippen molar-refractivity contribution in [3.63, 3.8) is 0 Å². The van der Waals surface area contributed by atoms with Gasteiger partial charge in [0.25, 0.3) is 0 Å².